The zero-order chi connectivity index (χ0) is 12.0. The highest BCUT2D eigenvalue weighted by Gasteiger charge is 2.22. The Morgan fingerprint density at radius 2 is 1.81 bits per heavy atom. The van der Waals surface area contributed by atoms with Gasteiger partial charge in [-0.25, -0.2) is 4.72 Å². The molecular formula is C10H21ClN2O2S. The summed E-state index contributed by atoms with van der Waals surface area (Å²) >= 11 is 5.90. The number of nitrogens with one attached hydrogen (secondary N) is 1. The Kier molecular flexibility index (Phi) is 6.03. The third-order valence-corrected chi connectivity index (χ3v) is 4.87. The minimum atomic E-state index is -3.31. The molecule has 1 fully saturated rings. The van der Waals surface area contributed by atoms with Gasteiger partial charge in [-0.2, -0.15) is 12.7 Å². The van der Waals surface area contributed by atoms with E-state index in [-0.39, 0.29) is 5.38 Å². The highest BCUT2D eigenvalue weighted by molar-refractivity contribution is 7.87. The van der Waals surface area contributed by atoms with Crippen molar-refractivity contribution < 1.29 is 8.42 Å². The molecule has 96 valence electrons. The van der Waals surface area contributed by atoms with Crippen molar-refractivity contribution in [1.29, 1.82) is 0 Å². The quantitative estimate of drug-likeness (QED) is 0.772. The SMILES string of the molecule is CCC(Cl)CNS(=O)(=O)N1CCCCCC1. The molecule has 1 aliphatic rings. The Morgan fingerprint density at radius 1 is 1.25 bits per heavy atom. The van der Waals surface area contributed by atoms with Gasteiger partial charge in [0.1, 0.15) is 0 Å². The van der Waals surface area contributed by atoms with Gasteiger partial charge in [-0.1, -0.05) is 19.8 Å². The largest absolute Gasteiger partial charge is 0.279 e. The zero-order valence-corrected chi connectivity index (χ0v) is 11.4. The smallest absolute Gasteiger partial charge is 0.201 e. The van der Waals surface area contributed by atoms with Crippen LogP contribution in [-0.4, -0.2) is 37.7 Å². The van der Waals surface area contributed by atoms with E-state index < -0.39 is 10.2 Å². The van der Waals surface area contributed by atoms with Crippen molar-refractivity contribution in [3.8, 4) is 0 Å². The summed E-state index contributed by atoms with van der Waals surface area (Å²) in [5.74, 6) is 0. The van der Waals surface area contributed by atoms with Crippen molar-refractivity contribution >= 4 is 21.8 Å². The maximum Gasteiger partial charge on any atom is 0.279 e. The first-order chi connectivity index (χ1) is 7.56. The lowest BCUT2D eigenvalue weighted by Gasteiger charge is -2.20. The standard InChI is InChI=1S/C10H21ClN2O2S/c1-2-10(11)9-12-16(14,15)13-7-5-3-4-6-8-13/h10,12H,2-9H2,1H3. The first-order valence-corrected chi connectivity index (χ1v) is 7.82. The molecule has 1 N–H and O–H groups in total. The van der Waals surface area contributed by atoms with Crippen molar-refractivity contribution in [2.75, 3.05) is 19.6 Å². The van der Waals surface area contributed by atoms with Crippen LogP contribution >= 0.6 is 11.6 Å². The summed E-state index contributed by atoms with van der Waals surface area (Å²) in [6.07, 6.45) is 4.93. The summed E-state index contributed by atoms with van der Waals surface area (Å²) in [6, 6.07) is 0. The Morgan fingerprint density at radius 3 is 2.31 bits per heavy atom. The number of halogens is 1. The van der Waals surface area contributed by atoms with Gasteiger partial charge in [-0.3, -0.25) is 0 Å². The first kappa shape index (κ1) is 14.2. The maximum absolute atomic E-state index is 11.9. The number of hydrogen-bond acceptors (Lipinski definition) is 2. The van der Waals surface area contributed by atoms with Crippen LogP contribution in [0.1, 0.15) is 39.0 Å². The molecule has 0 aromatic carbocycles. The fourth-order valence-electron chi connectivity index (χ4n) is 1.71. The van der Waals surface area contributed by atoms with Crippen LogP contribution in [0.25, 0.3) is 0 Å². The third-order valence-electron chi connectivity index (χ3n) is 2.84. The molecule has 16 heavy (non-hydrogen) atoms. The molecule has 0 amide bonds. The molecule has 1 unspecified atom stereocenters. The fourth-order valence-corrected chi connectivity index (χ4v) is 3.22. The number of alkyl halides is 1. The lowest BCUT2D eigenvalue weighted by molar-refractivity contribution is 0.414. The van der Waals surface area contributed by atoms with E-state index in [1.165, 1.54) is 0 Å². The Bertz CT molecular complexity index is 287. The molecule has 1 saturated heterocycles. The summed E-state index contributed by atoms with van der Waals surface area (Å²) in [7, 11) is -3.31. The minimum absolute atomic E-state index is 0.123. The molecule has 1 rings (SSSR count). The summed E-state index contributed by atoms with van der Waals surface area (Å²) in [4.78, 5) is 0. The molecule has 0 spiro atoms. The monoisotopic (exact) mass is 268 g/mol. The van der Waals surface area contributed by atoms with Gasteiger partial charge in [-0.05, 0) is 19.3 Å². The highest BCUT2D eigenvalue weighted by atomic mass is 35.5. The van der Waals surface area contributed by atoms with E-state index in [0.29, 0.717) is 19.6 Å². The van der Waals surface area contributed by atoms with Gasteiger partial charge in [0, 0.05) is 25.0 Å². The molecule has 1 aliphatic heterocycles. The molecule has 0 aromatic heterocycles. The van der Waals surface area contributed by atoms with Crippen LogP contribution < -0.4 is 4.72 Å². The molecule has 0 saturated carbocycles. The summed E-state index contributed by atoms with van der Waals surface area (Å²) < 4.78 is 27.9. The molecule has 0 radical (unpaired) electrons. The average molecular weight is 269 g/mol. The lowest BCUT2D eigenvalue weighted by atomic mass is 10.2. The first-order valence-electron chi connectivity index (χ1n) is 5.95. The second kappa shape index (κ2) is 6.79. The Labute approximate surface area is 104 Å². The van der Waals surface area contributed by atoms with E-state index >= 15 is 0 Å². The van der Waals surface area contributed by atoms with Crippen molar-refractivity contribution in [2.24, 2.45) is 0 Å². The van der Waals surface area contributed by atoms with Gasteiger partial charge in [0.2, 0.25) is 0 Å². The molecular weight excluding hydrogens is 248 g/mol. The molecule has 1 heterocycles. The maximum atomic E-state index is 11.9. The molecule has 4 nitrogen and oxygen atoms in total. The fraction of sp³-hybridized carbons (Fsp3) is 1.00. The molecule has 0 bridgehead atoms. The van der Waals surface area contributed by atoms with Crippen LogP contribution in [0, 0.1) is 0 Å². The normalized spacial score (nSPS) is 21.6. The topological polar surface area (TPSA) is 49.4 Å². The van der Waals surface area contributed by atoms with E-state index in [0.717, 1.165) is 32.1 Å². The van der Waals surface area contributed by atoms with E-state index in [1.807, 2.05) is 6.92 Å². The van der Waals surface area contributed by atoms with Gasteiger partial charge in [0.25, 0.3) is 10.2 Å². The van der Waals surface area contributed by atoms with E-state index in [1.54, 1.807) is 4.31 Å². The van der Waals surface area contributed by atoms with Gasteiger partial charge < -0.3 is 0 Å². The second-order valence-corrected chi connectivity index (χ2v) is 6.54. The molecule has 0 aromatic rings. The lowest BCUT2D eigenvalue weighted by Crippen LogP contribution is -2.43. The highest BCUT2D eigenvalue weighted by Crippen LogP contribution is 2.12. The zero-order valence-electron chi connectivity index (χ0n) is 9.78. The van der Waals surface area contributed by atoms with E-state index in [9.17, 15) is 8.42 Å². The third kappa shape index (κ3) is 4.57. The van der Waals surface area contributed by atoms with Crippen LogP contribution in [0.5, 0.6) is 0 Å². The number of rotatable bonds is 5. The van der Waals surface area contributed by atoms with Crippen molar-refractivity contribution in [3.63, 3.8) is 0 Å². The van der Waals surface area contributed by atoms with Crippen LogP contribution in [0.3, 0.4) is 0 Å². The molecule has 1 atom stereocenters. The predicted molar refractivity (Wildman–Crippen MR) is 66.9 cm³/mol. The molecule has 0 aliphatic carbocycles. The summed E-state index contributed by atoms with van der Waals surface area (Å²) in [5, 5.41) is -0.123. The van der Waals surface area contributed by atoms with Crippen molar-refractivity contribution in [2.45, 2.75) is 44.4 Å². The minimum Gasteiger partial charge on any atom is -0.201 e. The number of hydrogen-bond donors (Lipinski definition) is 1. The van der Waals surface area contributed by atoms with E-state index in [4.69, 9.17) is 11.6 Å². The summed E-state index contributed by atoms with van der Waals surface area (Å²) in [6.45, 7) is 3.53. The second-order valence-electron chi connectivity index (χ2n) is 4.17. The Balaban J connectivity index is 2.48. The van der Waals surface area contributed by atoms with Gasteiger partial charge >= 0.3 is 0 Å². The Hall–Kier alpha value is 0.160. The van der Waals surface area contributed by atoms with Crippen molar-refractivity contribution in [1.82, 2.24) is 9.03 Å². The van der Waals surface area contributed by atoms with Crippen LogP contribution in [0.4, 0.5) is 0 Å². The number of nitrogens with zero attached hydrogens (tertiary/aromatic N) is 1. The van der Waals surface area contributed by atoms with Crippen molar-refractivity contribution in [3.05, 3.63) is 0 Å². The molecule has 6 heteroatoms. The average Bonchev–Trinajstić information content (AvgIpc) is 2.54. The summed E-state index contributed by atoms with van der Waals surface area (Å²) in [5.41, 5.74) is 0. The van der Waals surface area contributed by atoms with Gasteiger partial charge in [0.15, 0.2) is 0 Å². The van der Waals surface area contributed by atoms with Crippen LogP contribution in [0.15, 0.2) is 0 Å². The van der Waals surface area contributed by atoms with E-state index in [2.05, 4.69) is 4.72 Å². The van der Waals surface area contributed by atoms with Gasteiger partial charge in [0.05, 0.1) is 0 Å². The van der Waals surface area contributed by atoms with Gasteiger partial charge in [-0.15, -0.1) is 11.6 Å². The van der Waals surface area contributed by atoms with Crippen LogP contribution in [-0.2, 0) is 10.2 Å². The predicted octanol–water partition coefficient (Wildman–Crippen LogP) is 1.71. The van der Waals surface area contributed by atoms with Crippen LogP contribution in [0.2, 0.25) is 0 Å².